The van der Waals surface area contributed by atoms with Crippen LogP contribution >= 0.6 is 15.9 Å². The Balaban J connectivity index is 1.63. The highest BCUT2D eigenvalue weighted by molar-refractivity contribution is 9.10. The number of halogens is 1. The van der Waals surface area contributed by atoms with E-state index >= 15 is 0 Å². The van der Waals surface area contributed by atoms with Crippen LogP contribution in [0, 0.1) is 5.92 Å². The molecule has 0 spiro atoms. The molecule has 1 aliphatic carbocycles. The first-order valence-electron chi connectivity index (χ1n) is 12.5. The van der Waals surface area contributed by atoms with Crippen molar-refractivity contribution in [2.75, 3.05) is 5.32 Å². The van der Waals surface area contributed by atoms with Gasteiger partial charge in [-0.25, -0.2) is 4.79 Å². The van der Waals surface area contributed by atoms with Crippen LogP contribution in [0.25, 0.3) is 10.9 Å². The van der Waals surface area contributed by atoms with E-state index < -0.39 is 17.7 Å². The van der Waals surface area contributed by atoms with Gasteiger partial charge in [0.15, 0.2) is 5.78 Å². The van der Waals surface area contributed by atoms with Gasteiger partial charge in [-0.3, -0.25) is 14.6 Å². The Morgan fingerprint density at radius 3 is 2.31 bits per heavy atom. The van der Waals surface area contributed by atoms with E-state index in [-0.39, 0.29) is 29.7 Å². The number of benzene rings is 1. The maximum atomic E-state index is 13.0. The molecule has 196 valence electrons. The van der Waals surface area contributed by atoms with E-state index in [1.165, 1.54) is 0 Å². The van der Waals surface area contributed by atoms with Crippen LogP contribution < -0.4 is 16.0 Å². The summed E-state index contributed by atoms with van der Waals surface area (Å²) in [6.45, 7) is 10.7. The molecule has 1 atom stereocenters. The van der Waals surface area contributed by atoms with Crippen molar-refractivity contribution in [3.05, 3.63) is 34.4 Å². The Morgan fingerprint density at radius 2 is 1.72 bits per heavy atom. The topological polar surface area (TPSA) is 109 Å². The van der Waals surface area contributed by atoms with Crippen molar-refractivity contribution in [2.24, 2.45) is 5.92 Å². The number of anilines is 1. The van der Waals surface area contributed by atoms with Crippen molar-refractivity contribution < 1.29 is 19.1 Å². The number of hydrogen-bond donors (Lipinski definition) is 3. The van der Waals surface area contributed by atoms with Crippen molar-refractivity contribution in [3.8, 4) is 0 Å². The zero-order valence-electron chi connectivity index (χ0n) is 21.9. The van der Waals surface area contributed by atoms with Crippen molar-refractivity contribution in [3.63, 3.8) is 0 Å². The molecule has 8 nitrogen and oxygen atoms in total. The van der Waals surface area contributed by atoms with Crippen LogP contribution in [0.3, 0.4) is 0 Å². The maximum Gasteiger partial charge on any atom is 0.408 e. The van der Waals surface area contributed by atoms with Crippen LogP contribution in [0.15, 0.2) is 28.9 Å². The van der Waals surface area contributed by atoms with Gasteiger partial charge in [-0.2, -0.15) is 0 Å². The molecule has 1 unspecified atom stereocenters. The molecule has 2 aromatic rings. The Hall–Kier alpha value is -2.68. The average Bonchev–Trinajstić information content (AvgIpc) is 2.77. The third kappa shape index (κ3) is 7.41. The van der Waals surface area contributed by atoms with Gasteiger partial charge >= 0.3 is 6.09 Å². The van der Waals surface area contributed by atoms with Crippen LogP contribution in [0.4, 0.5) is 10.5 Å². The summed E-state index contributed by atoms with van der Waals surface area (Å²) in [5.74, 6) is -0.319. The Bertz CT molecular complexity index is 1120. The Morgan fingerprint density at radius 1 is 1.08 bits per heavy atom. The van der Waals surface area contributed by atoms with Crippen LogP contribution in [-0.4, -0.2) is 46.5 Å². The molecule has 0 bridgehead atoms. The monoisotopic (exact) mass is 560 g/mol. The van der Waals surface area contributed by atoms with E-state index in [1.54, 1.807) is 33.9 Å². The van der Waals surface area contributed by atoms with E-state index in [0.717, 1.165) is 46.7 Å². The highest BCUT2D eigenvalue weighted by Crippen LogP contribution is 2.32. The summed E-state index contributed by atoms with van der Waals surface area (Å²) in [5.41, 5.74) is 1.57. The fourth-order valence-corrected chi connectivity index (χ4v) is 4.79. The lowest BCUT2D eigenvalue weighted by Gasteiger charge is -2.32. The lowest BCUT2D eigenvalue weighted by Crippen LogP contribution is -2.53. The lowest BCUT2D eigenvalue weighted by atomic mass is 9.90. The number of Topliss-reactive ketones (excluding diaryl/α,β-unsaturated/α-hetero) is 1. The molecule has 1 heterocycles. The molecule has 3 N–H and O–H groups in total. The molecular formula is C27H37BrN4O4. The van der Waals surface area contributed by atoms with Gasteiger partial charge in [0, 0.05) is 28.1 Å². The van der Waals surface area contributed by atoms with Crippen molar-refractivity contribution in [1.82, 2.24) is 15.6 Å². The van der Waals surface area contributed by atoms with Gasteiger partial charge in [0.1, 0.15) is 11.6 Å². The van der Waals surface area contributed by atoms with E-state index in [9.17, 15) is 14.4 Å². The second kappa shape index (κ2) is 11.6. The molecule has 3 rings (SSSR count). The van der Waals surface area contributed by atoms with Crippen LogP contribution in [-0.2, 0) is 9.53 Å². The molecule has 1 aromatic heterocycles. The SMILES string of the molecule is CC(=O)c1cnc2ccc(Br)cc2c1NC1CCC(NC(=O)C(NC(=O)OC(C)(C)C)C(C)C)CC1. The summed E-state index contributed by atoms with van der Waals surface area (Å²) in [6, 6.07) is 5.36. The highest BCUT2D eigenvalue weighted by Gasteiger charge is 2.30. The summed E-state index contributed by atoms with van der Waals surface area (Å²) in [4.78, 5) is 42.0. The van der Waals surface area contributed by atoms with E-state index in [2.05, 4.69) is 36.9 Å². The van der Waals surface area contributed by atoms with Gasteiger partial charge in [-0.1, -0.05) is 29.8 Å². The predicted octanol–water partition coefficient (Wildman–Crippen LogP) is 5.59. The summed E-state index contributed by atoms with van der Waals surface area (Å²) in [5, 5.41) is 10.3. The summed E-state index contributed by atoms with van der Waals surface area (Å²) in [6.07, 6.45) is 4.31. The summed E-state index contributed by atoms with van der Waals surface area (Å²) in [7, 11) is 0. The zero-order valence-corrected chi connectivity index (χ0v) is 23.5. The second-order valence-corrected chi connectivity index (χ2v) is 11.7. The lowest BCUT2D eigenvalue weighted by molar-refractivity contribution is -0.125. The molecule has 9 heteroatoms. The van der Waals surface area contributed by atoms with E-state index in [1.807, 2.05) is 32.0 Å². The van der Waals surface area contributed by atoms with Crippen molar-refractivity contribution in [1.29, 1.82) is 0 Å². The number of ketones is 1. The standard InChI is InChI=1S/C27H37BrN4O4/c1-15(2)23(32-26(35)36-27(4,5)6)25(34)31-19-10-8-18(9-11-19)30-24-20-13-17(28)7-12-22(20)29-14-21(24)16(3)33/h7,12-15,18-19,23H,8-11H2,1-6H3,(H,29,30)(H,31,34)(H,32,35). The first-order valence-corrected chi connectivity index (χ1v) is 13.3. The first kappa shape index (κ1) is 27.9. The minimum absolute atomic E-state index is 0.0212. The molecule has 1 aromatic carbocycles. The zero-order chi connectivity index (χ0) is 26.6. The van der Waals surface area contributed by atoms with Crippen LogP contribution in [0.5, 0.6) is 0 Å². The number of pyridine rings is 1. The number of carbonyl (C=O) groups excluding carboxylic acids is 3. The van der Waals surface area contributed by atoms with Gasteiger partial charge in [-0.05, 0) is 77.5 Å². The molecule has 1 aliphatic rings. The molecule has 0 aliphatic heterocycles. The number of alkyl carbamates (subject to hydrolysis) is 1. The smallest absolute Gasteiger partial charge is 0.408 e. The minimum atomic E-state index is -0.671. The molecule has 1 saturated carbocycles. The fraction of sp³-hybridized carbons (Fsp3) is 0.556. The third-order valence-electron chi connectivity index (χ3n) is 6.25. The molecule has 1 fully saturated rings. The number of aromatic nitrogens is 1. The fourth-order valence-electron chi connectivity index (χ4n) is 4.43. The highest BCUT2D eigenvalue weighted by atomic mass is 79.9. The molecular weight excluding hydrogens is 524 g/mol. The van der Waals surface area contributed by atoms with Crippen LogP contribution in [0.1, 0.15) is 77.6 Å². The Labute approximate surface area is 221 Å². The van der Waals surface area contributed by atoms with Crippen molar-refractivity contribution >= 4 is 50.3 Å². The van der Waals surface area contributed by atoms with E-state index in [0.29, 0.717) is 5.56 Å². The predicted molar refractivity (Wildman–Crippen MR) is 145 cm³/mol. The number of carbonyl (C=O) groups is 3. The van der Waals surface area contributed by atoms with Gasteiger partial charge in [0.2, 0.25) is 5.91 Å². The average molecular weight is 562 g/mol. The number of nitrogens with zero attached hydrogens (tertiary/aromatic N) is 1. The second-order valence-electron chi connectivity index (χ2n) is 10.8. The maximum absolute atomic E-state index is 13.0. The van der Waals surface area contributed by atoms with Crippen LogP contribution in [0.2, 0.25) is 0 Å². The normalized spacial score (nSPS) is 19.0. The number of nitrogens with one attached hydrogen (secondary N) is 3. The minimum Gasteiger partial charge on any atom is -0.444 e. The quantitative estimate of drug-likeness (QED) is 0.381. The number of ether oxygens (including phenoxy) is 1. The van der Waals surface area contributed by atoms with E-state index in [4.69, 9.17) is 4.74 Å². The number of hydrogen-bond acceptors (Lipinski definition) is 6. The molecule has 0 radical (unpaired) electrons. The number of fused-ring (bicyclic) bond motifs is 1. The molecule has 0 saturated heterocycles. The van der Waals surface area contributed by atoms with Gasteiger partial charge in [-0.15, -0.1) is 0 Å². The van der Waals surface area contributed by atoms with Gasteiger partial charge in [0.05, 0.1) is 16.8 Å². The summed E-state index contributed by atoms with van der Waals surface area (Å²) < 4.78 is 6.25. The van der Waals surface area contributed by atoms with Gasteiger partial charge < -0.3 is 20.7 Å². The molecule has 36 heavy (non-hydrogen) atoms. The summed E-state index contributed by atoms with van der Waals surface area (Å²) >= 11 is 3.52. The number of amides is 2. The third-order valence-corrected chi connectivity index (χ3v) is 6.75. The number of rotatable bonds is 7. The Kier molecular flexibility index (Phi) is 8.98. The largest absolute Gasteiger partial charge is 0.444 e. The molecule has 2 amide bonds. The first-order chi connectivity index (χ1) is 16.8. The van der Waals surface area contributed by atoms with Crippen molar-refractivity contribution in [2.45, 2.75) is 91.0 Å². The van der Waals surface area contributed by atoms with Gasteiger partial charge in [0.25, 0.3) is 0 Å².